The standard InChI is InChI=1S/C32H31NO6/c1-36-28-15-9-23(10-16-28)19-33(20-24-11-17-29(37-2)18-12-24)32(35)26-13-7-25(8-14-26)22-39-30-6-4-5-27(21-34)31(30)38-3/h4-18,21H,19-20,22H2,1-3H3. The van der Waals surface area contributed by atoms with Crippen molar-refractivity contribution in [1.29, 1.82) is 0 Å². The first-order valence-corrected chi connectivity index (χ1v) is 12.4. The molecule has 0 spiro atoms. The lowest BCUT2D eigenvalue weighted by molar-refractivity contribution is 0.0730. The van der Waals surface area contributed by atoms with E-state index in [-0.39, 0.29) is 12.5 Å². The van der Waals surface area contributed by atoms with Crippen molar-refractivity contribution in [2.45, 2.75) is 19.7 Å². The van der Waals surface area contributed by atoms with E-state index in [4.69, 9.17) is 18.9 Å². The summed E-state index contributed by atoms with van der Waals surface area (Å²) in [6.45, 7) is 1.13. The molecule has 200 valence electrons. The Balaban J connectivity index is 1.50. The summed E-state index contributed by atoms with van der Waals surface area (Å²) in [5.74, 6) is 2.31. The van der Waals surface area contributed by atoms with Gasteiger partial charge in [0, 0.05) is 18.7 Å². The summed E-state index contributed by atoms with van der Waals surface area (Å²) in [6, 6.07) is 27.9. The third-order valence-electron chi connectivity index (χ3n) is 6.29. The van der Waals surface area contributed by atoms with Crippen LogP contribution in [0.15, 0.2) is 91.0 Å². The fraction of sp³-hybridized carbons (Fsp3) is 0.188. The molecule has 4 rings (SSSR count). The van der Waals surface area contributed by atoms with Gasteiger partial charge in [-0.25, -0.2) is 0 Å². The van der Waals surface area contributed by atoms with Crippen LogP contribution in [0.2, 0.25) is 0 Å². The Kier molecular flexibility index (Phi) is 9.19. The molecule has 0 N–H and O–H groups in total. The molecule has 0 unspecified atom stereocenters. The van der Waals surface area contributed by atoms with Gasteiger partial charge in [0.05, 0.1) is 26.9 Å². The van der Waals surface area contributed by atoms with Crippen LogP contribution >= 0.6 is 0 Å². The molecule has 0 bridgehead atoms. The minimum absolute atomic E-state index is 0.0885. The normalized spacial score (nSPS) is 10.4. The van der Waals surface area contributed by atoms with Crippen LogP contribution in [-0.4, -0.2) is 38.4 Å². The maximum Gasteiger partial charge on any atom is 0.254 e. The molecule has 0 saturated heterocycles. The highest BCUT2D eigenvalue weighted by Crippen LogP contribution is 2.30. The van der Waals surface area contributed by atoms with E-state index in [1.807, 2.05) is 65.6 Å². The summed E-state index contributed by atoms with van der Waals surface area (Å²) < 4.78 is 21.8. The number of ether oxygens (including phenoxy) is 4. The van der Waals surface area contributed by atoms with Crippen molar-refractivity contribution in [2.24, 2.45) is 0 Å². The number of carbonyl (C=O) groups excluding carboxylic acids is 2. The Morgan fingerprint density at radius 2 is 1.23 bits per heavy atom. The van der Waals surface area contributed by atoms with Crippen molar-refractivity contribution in [1.82, 2.24) is 4.90 Å². The highest BCUT2D eigenvalue weighted by atomic mass is 16.5. The predicted molar refractivity (Wildman–Crippen MR) is 149 cm³/mol. The Bertz CT molecular complexity index is 1330. The highest BCUT2D eigenvalue weighted by molar-refractivity contribution is 5.94. The van der Waals surface area contributed by atoms with Gasteiger partial charge >= 0.3 is 0 Å². The number of rotatable bonds is 12. The molecule has 4 aromatic rings. The summed E-state index contributed by atoms with van der Waals surface area (Å²) in [4.78, 5) is 26.7. The lowest BCUT2D eigenvalue weighted by atomic mass is 10.1. The van der Waals surface area contributed by atoms with Gasteiger partial charge in [-0.05, 0) is 65.2 Å². The molecule has 7 nitrogen and oxygen atoms in total. The number of methoxy groups -OCH3 is 3. The predicted octanol–water partition coefficient (Wildman–Crippen LogP) is 5.95. The average Bonchev–Trinajstić information content (AvgIpc) is 3.00. The van der Waals surface area contributed by atoms with E-state index in [0.29, 0.717) is 35.7 Å². The van der Waals surface area contributed by atoms with Crippen LogP contribution in [0.4, 0.5) is 0 Å². The van der Waals surface area contributed by atoms with Gasteiger partial charge in [0.25, 0.3) is 5.91 Å². The smallest absolute Gasteiger partial charge is 0.254 e. The number of nitrogens with zero attached hydrogens (tertiary/aromatic N) is 1. The number of amides is 1. The van der Waals surface area contributed by atoms with Crippen molar-refractivity contribution in [3.8, 4) is 23.0 Å². The largest absolute Gasteiger partial charge is 0.497 e. The lowest BCUT2D eigenvalue weighted by Gasteiger charge is -2.24. The van der Waals surface area contributed by atoms with Crippen LogP contribution in [0.3, 0.4) is 0 Å². The molecular weight excluding hydrogens is 494 g/mol. The molecule has 1 amide bonds. The average molecular weight is 526 g/mol. The van der Waals surface area contributed by atoms with E-state index < -0.39 is 0 Å². The third-order valence-corrected chi connectivity index (χ3v) is 6.29. The SMILES string of the molecule is COc1ccc(CN(Cc2ccc(OC)cc2)C(=O)c2ccc(COc3cccc(C=O)c3OC)cc2)cc1. The molecule has 7 heteroatoms. The van der Waals surface area contributed by atoms with Crippen molar-refractivity contribution in [3.63, 3.8) is 0 Å². The lowest BCUT2D eigenvalue weighted by Crippen LogP contribution is -2.30. The second kappa shape index (κ2) is 13.1. The van der Waals surface area contributed by atoms with Crippen LogP contribution in [0.25, 0.3) is 0 Å². The van der Waals surface area contributed by atoms with E-state index in [0.717, 1.165) is 34.5 Å². The molecule has 0 aliphatic rings. The zero-order chi connectivity index (χ0) is 27.6. The van der Waals surface area contributed by atoms with E-state index >= 15 is 0 Å². The zero-order valence-corrected chi connectivity index (χ0v) is 22.3. The molecular formula is C32H31NO6. The molecule has 0 saturated carbocycles. The fourth-order valence-corrected chi connectivity index (χ4v) is 4.15. The summed E-state index contributed by atoms with van der Waals surface area (Å²) in [5, 5.41) is 0. The monoisotopic (exact) mass is 525 g/mol. The number of hydrogen-bond donors (Lipinski definition) is 0. The Morgan fingerprint density at radius 3 is 1.72 bits per heavy atom. The van der Waals surface area contributed by atoms with Crippen LogP contribution in [0.1, 0.15) is 37.4 Å². The van der Waals surface area contributed by atoms with Gasteiger partial charge in [0.2, 0.25) is 0 Å². The molecule has 4 aromatic carbocycles. The summed E-state index contributed by atoms with van der Waals surface area (Å²) in [5.41, 5.74) is 3.86. The molecule has 0 aliphatic carbocycles. The third kappa shape index (κ3) is 6.96. The summed E-state index contributed by atoms with van der Waals surface area (Å²) in [7, 11) is 4.75. The number of benzene rings is 4. The Morgan fingerprint density at radius 1 is 0.692 bits per heavy atom. The van der Waals surface area contributed by atoms with Crippen LogP contribution < -0.4 is 18.9 Å². The van der Waals surface area contributed by atoms with E-state index in [2.05, 4.69) is 0 Å². The molecule has 0 aliphatic heterocycles. The number of hydrogen-bond acceptors (Lipinski definition) is 6. The molecule has 0 aromatic heterocycles. The van der Waals surface area contributed by atoms with Crippen molar-refractivity contribution < 1.29 is 28.5 Å². The first-order chi connectivity index (χ1) is 19.0. The quantitative estimate of drug-likeness (QED) is 0.213. The molecule has 39 heavy (non-hydrogen) atoms. The number of aldehydes is 1. The van der Waals surface area contributed by atoms with Gasteiger partial charge in [-0.2, -0.15) is 0 Å². The number of carbonyl (C=O) groups is 2. The summed E-state index contributed by atoms with van der Waals surface area (Å²) in [6.07, 6.45) is 0.732. The van der Waals surface area contributed by atoms with Crippen molar-refractivity contribution in [3.05, 3.63) is 119 Å². The fourth-order valence-electron chi connectivity index (χ4n) is 4.15. The second-order valence-corrected chi connectivity index (χ2v) is 8.84. The maximum absolute atomic E-state index is 13.6. The van der Waals surface area contributed by atoms with Gasteiger partial charge in [-0.1, -0.05) is 42.5 Å². The van der Waals surface area contributed by atoms with Gasteiger partial charge < -0.3 is 23.8 Å². The van der Waals surface area contributed by atoms with Crippen LogP contribution in [-0.2, 0) is 19.7 Å². The minimum atomic E-state index is -0.0885. The minimum Gasteiger partial charge on any atom is -0.497 e. The zero-order valence-electron chi connectivity index (χ0n) is 22.3. The second-order valence-electron chi connectivity index (χ2n) is 8.84. The van der Waals surface area contributed by atoms with Gasteiger partial charge in [0.15, 0.2) is 17.8 Å². The van der Waals surface area contributed by atoms with E-state index in [1.165, 1.54) is 7.11 Å². The Hall–Kier alpha value is -4.78. The first kappa shape index (κ1) is 27.3. The Labute approximate surface area is 228 Å². The van der Waals surface area contributed by atoms with Crippen LogP contribution in [0.5, 0.6) is 23.0 Å². The summed E-state index contributed by atoms with van der Waals surface area (Å²) >= 11 is 0. The molecule has 0 radical (unpaired) electrons. The van der Waals surface area contributed by atoms with Crippen LogP contribution in [0, 0.1) is 0 Å². The first-order valence-electron chi connectivity index (χ1n) is 12.4. The topological polar surface area (TPSA) is 74.3 Å². The van der Waals surface area contributed by atoms with Gasteiger partial charge in [-0.15, -0.1) is 0 Å². The maximum atomic E-state index is 13.6. The van der Waals surface area contributed by atoms with Gasteiger partial charge in [0.1, 0.15) is 18.1 Å². The molecule has 0 fully saturated rings. The number of para-hydroxylation sites is 1. The van der Waals surface area contributed by atoms with Gasteiger partial charge in [-0.3, -0.25) is 9.59 Å². The highest BCUT2D eigenvalue weighted by Gasteiger charge is 2.18. The van der Waals surface area contributed by atoms with Crippen molar-refractivity contribution in [2.75, 3.05) is 21.3 Å². The van der Waals surface area contributed by atoms with Crippen molar-refractivity contribution >= 4 is 12.2 Å². The molecule has 0 heterocycles. The molecule has 0 atom stereocenters. The van der Waals surface area contributed by atoms with E-state index in [1.54, 1.807) is 44.6 Å². The van der Waals surface area contributed by atoms with E-state index in [9.17, 15) is 9.59 Å².